The van der Waals surface area contributed by atoms with Crippen molar-refractivity contribution in [3.8, 4) is 6.07 Å². The van der Waals surface area contributed by atoms with Crippen LogP contribution in [0.4, 0.5) is 0 Å². The Morgan fingerprint density at radius 3 is 2.62 bits per heavy atom. The summed E-state index contributed by atoms with van der Waals surface area (Å²) in [6.45, 7) is 5.21. The number of nitrogens with zero attached hydrogens (tertiary/aromatic N) is 2. The maximum Gasteiger partial charge on any atom is 0.133 e. The van der Waals surface area contributed by atoms with Crippen LogP contribution in [0, 0.1) is 17.2 Å². The van der Waals surface area contributed by atoms with Crippen LogP contribution >= 0.6 is 11.6 Å². The van der Waals surface area contributed by atoms with Gasteiger partial charge in [0.15, 0.2) is 0 Å². The third-order valence-corrected chi connectivity index (χ3v) is 3.08. The van der Waals surface area contributed by atoms with Crippen molar-refractivity contribution < 1.29 is 0 Å². The summed E-state index contributed by atoms with van der Waals surface area (Å²) in [5, 5.41) is 8.22. The van der Waals surface area contributed by atoms with E-state index in [0.29, 0.717) is 0 Å². The van der Waals surface area contributed by atoms with Crippen LogP contribution in [0.3, 0.4) is 0 Å². The maximum atomic E-state index is 8.55. The van der Waals surface area contributed by atoms with Crippen molar-refractivity contribution in [3.05, 3.63) is 0 Å². The molecule has 2 nitrogen and oxygen atoms in total. The molecule has 0 aromatic carbocycles. The van der Waals surface area contributed by atoms with Gasteiger partial charge in [-0.15, -0.1) is 11.6 Å². The molecule has 0 spiro atoms. The van der Waals surface area contributed by atoms with Crippen LogP contribution in [-0.4, -0.2) is 29.9 Å². The van der Waals surface area contributed by atoms with Crippen LogP contribution in [0.5, 0.6) is 0 Å². The van der Waals surface area contributed by atoms with Crippen LogP contribution < -0.4 is 0 Å². The fraction of sp³-hybridized carbons (Fsp3) is 0.900. The molecule has 0 radical (unpaired) electrons. The summed E-state index contributed by atoms with van der Waals surface area (Å²) in [4.78, 5) is 2.30. The van der Waals surface area contributed by atoms with E-state index in [0.717, 1.165) is 25.6 Å². The summed E-state index contributed by atoms with van der Waals surface area (Å²) in [5.74, 6) is 0.895. The van der Waals surface area contributed by atoms with Gasteiger partial charge >= 0.3 is 0 Å². The van der Waals surface area contributed by atoms with Crippen LogP contribution in [0.2, 0.25) is 0 Å². The van der Waals surface area contributed by atoms with E-state index in [-0.39, 0.29) is 5.38 Å². The quantitative estimate of drug-likeness (QED) is 0.654. The van der Waals surface area contributed by atoms with E-state index >= 15 is 0 Å². The van der Waals surface area contributed by atoms with Gasteiger partial charge < -0.3 is 4.90 Å². The molecule has 0 saturated carbocycles. The highest BCUT2D eigenvalue weighted by Crippen LogP contribution is 2.20. The first kappa shape index (κ1) is 10.8. The topological polar surface area (TPSA) is 27.0 Å². The molecule has 0 aromatic rings. The number of alkyl halides is 1. The molecule has 13 heavy (non-hydrogen) atoms. The molecule has 0 bridgehead atoms. The summed E-state index contributed by atoms with van der Waals surface area (Å²) >= 11 is 5.77. The summed E-state index contributed by atoms with van der Waals surface area (Å²) in [5.41, 5.74) is 0. The molecule has 1 aliphatic heterocycles. The van der Waals surface area contributed by atoms with E-state index in [9.17, 15) is 0 Å². The van der Waals surface area contributed by atoms with Crippen molar-refractivity contribution >= 4 is 11.6 Å². The average Bonchev–Trinajstić information content (AvgIpc) is 2.19. The summed E-state index contributed by atoms with van der Waals surface area (Å²) < 4.78 is 0. The highest BCUT2D eigenvalue weighted by Gasteiger charge is 2.19. The van der Waals surface area contributed by atoms with Crippen molar-refractivity contribution in [2.75, 3.05) is 19.6 Å². The van der Waals surface area contributed by atoms with Crippen molar-refractivity contribution in [1.29, 1.82) is 5.26 Å². The zero-order valence-corrected chi connectivity index (χ0v) is 8.93. The lowest BCUT2D eigenvalue weighted by Crippen LogP contribution is -2.37. The Bertz CT molecular complexity index is 180. The predicted molar refractivity (Wildman–Crippen MR) is 54.7 cm³/mol. The first-order chi connectivity index (χ1) is 6.26. The van der Waals surface area contributed by atoms with Crippen LogP contribution in [0.25, 0.3) is 0 Å². The molecule has 1 aliphatic rings. The lowest BCUT2D eigenvalue weighted by atomic mass is 9.94. The lowest BCUT2D eigenvalue weighted by Gasteiger charge is -2.31. The van der Waals surface area contributed by atoms with Gasteiger partial charge in [-0.3, -0.25) is 0 Å². The van der Waals surface area contributed by atoms with Gasteiger partial charge in [0.1, 0.15) is 5.38 Å². The first-order valence-electron chi connectivity index (χ1n) is 5.02. The van der Waals surface area contributed by atoms with Crippen LogP contribution in [0.1, 0.15) is 26.2 Å². The molecule has 1 saturated heterocycles. The van der Waals surface area contributed by atoms with E-state index in [1.807, 2.05) is 0 Å². The molecule has 1 unspecified atom stereocenters. The molecular weight excluding hydrogens is 184 g/mol. The summed E-state index contributed by atoms with van der Waals surface area (Å²) in [6, 6.07) is 2.06. The first-order valence-corrected chi connectivity index (χ1v) is 5.46. The number of nitriles is 1. The number of hydrogen-bond acceptors (Lipinski definition) is 2. The van der Waals surface area contributed by atoms with Crippen LogP contribution in [0.15, 0.2) is 0 Å². The normalized spacial score (nSPS) is 22.5. The molecule has 3 heteroatoms. The number of hydrogen-bond donors (Lipinski definition) is 0. The Kier molecular flexibility index (Phi) is 4.55. The van der Waals surface area contributed by atoms with E-state index in [1.165, 1.54) is 19.3 Å². The third kappa shape index (κ3) is 3.54. The molecule has 74 valence electrons. The van der Waals surface area contributed by atoms with E-state index in [2.05, 4.69) is 17.9 Å². The largest absolute Gasteiger partial charge is 0.301 e. The minimum absolute atomic E-state index is 0.335. The highest BCUT2D eigenvalue weighted by atomic mass is 35.5. The molecule has 1 rings (SSSR count). The molecule has 0 aromatic heterocycles. The Balaban J connectivity index is 2.22. The van der Waals surface area contributed by atoms with Crippen molar-refractivity contribution in [1.82, 2.24) is 4.90 Å². The molecule has 1 heterocycles. The van der Waals surface area contributed by atoms with E-state index in [4.69, 9.17) is 16.9 Å². The molecule has 0 N–H and O–H groups in total. The fourth-order valence-corrected chi connectivity index (χ4v) is 2.04. The van der Waals surface area contributed by atoms with Crippen molar-refractivity contribution in [2.45, 2.75) is 31.6 Å². The molecule has 1 atom stereocenters. The highest BCUT2D eigenvalue weighted by molar-refractivity contribution is 6.22. The van der Waals surface area contributed by atoms with Gasteiger partial charge in [-0.25, -0.2) is 0 Å². The molecule has 0 aliphatic carbocycles. The zero-order chi connectivity index (χ0) is 9.68. The van der Waals surface area contributed by atoms with Gasteiger partial charge in [0, 0.05) is 6.54 Å². The van der Waals surface area contributed by atoms with Gasteiger partial charge in [-0.2, -0.15) is 5.26 Å². The second kappa shape index (κ2) is 5.47. The van der Waals surface area contributed by atoms with Gasteiger partial charge in [-0.1, -0.05) is 13.3 Å². The van der Waals surface area contributed by atoms with Gasteiger partial charge in [0.05, 0.1) is 6.07 Å². The SMILES string of the molecule is CCC1CCN(CC(Cl)C#N)CC1. The average molecular weight is 201 g/mol. The van der Waals surface area contributed by atoms with Crippen molar-refractivity contribution in [3.63, 3.8) is 0 Å². The Labute approximate surface area is 85.5 Å². The zero-order valence-electron chi connectivity index (χ0n) is 8.17. The molecule has 1 fully saturated rings. The minimum Gasteiger partial charge on any atom is -0.301 e. The Morgan fingerprint density at radius 1 is 1.54 bits per heavy atom. The maximum absolute atomic E-state index is 8.55. The monoisotopic (exact) mass is 200 g/mol. The van der Waals surface area contributed by atoms with Crippen LogP contribution in [-0.2, 0) is 0 Å². The lowest BCUT2D eigenvalue weighted by molar-refractivity contribution is 0.186. The van der Waals surface area contributed by atoms with Gasteiger partial charge in [0.2, 0.25) is 0 Å². The number of likely N-dealkylation sites (tertiary alicyclic amines) is 1. The minimum atomic E-state index is -0.335. The summed E-state index contributed by atoms with van der Waals surface area (Å²) in [6.07, 6.45) is 3.83. The predicted octanol–water partition coefficient (Wildman–Crippen LogP) is 2.24. The van der Waals surface area contributed by atoms with E-state index in [1.54, 1.807) is 0 Å². The smallest absolute Gasteiger partial charge is 0.133 e. The Hall–Kier alpha value is -0.260. The standard InChI is InChI=1S/C10H17ClN2/c1-2-9-3-5-13(6-4-9)8-10(11)7-12/h9-10H,2-6,8H2,1H3. The number of halogens is 1. The van der Waals surface area contributed by atoms with Gasteiger partial charge in [-0.05, 0) is 31.8 Å². The number of piperidine rings is 1. The van der Waals surface area contributed by atoms with Crippen molar-refractivity contribution in [2.24, 2.45) is 5.92 Å². The second-order valence-electron chi connectivity index (χ2n) is 3.75. The molecule has 0 amide bonds. The van der Waals surface area contributed by atoms with E-state index < -0.39 is 0 Å². The third-order valence-electron chi connectivity index (χ3n) is 2.84. The Morgan fingerprint density at radius 2 is 2.15 bits per heavy atom. The second-order valence-corrected chi connectivity index (χ2v) is 4.28. The summed E-state index contributed by atoms with van der Waals surface area (Å²) in [7, 11) is 0. The number of rotatable bonds is 3. The van der Waals surface area contributed by atoms with Gasteiger partial charge in [0.25, 0.3) is 0 Å². The molecular formula is C10H17ClN2. The fourth-order valence-electron chi connectivity index (χ4n) is 1.84.